The predicted molar refractivity (Wildman–Crippen MR) is 529 cm³/mol. The van der Waals surface area contributed by atoms with Gasteiger partial charge in [-0.25, -0.2) is 0 Å². The topological polar surface area (TPSA) is 571 Å². The second-order valence-electron chi connectivity index (χ2n) is 36.7. The van der Waals surface area contributed by atoms with Crippen LogP contribution >= 0.6 is 0 Å². The number of amides is 14. The number of carbonyl (C=O) groups is 14. The van der Waals surface area contributed by atoms with Gasteiger partial charge in [0.05, 0.1) is 6.04 Å². The third kappa shape index (κ3) is 32.8. The monoisotopic (exact) mass is 1910 g/mol. The van der Waals surface area contributed by atoms with E-state index in [9.17, 15) is 24.0 Å². The number of likely N-dealkylation sites (tertiary alicyclic amines) is 3. The molecule has 3 saturated heterocycles. The summed E-state index contributed by atoms with van der Waals surface area (Å²) in [5, 5.41) is 51.3. The van der Waals surface area contributed by atoms with Crippen molar-refractivity contribution in [1.29, 1.82) is 10.8 Å². The Morgan fingerprint density at radius 3 is 1.05 bits per heavy atom. The zero-order chi connectivity index (χ0) is 100. The van der Waals surface area contributed by atoms with Gasteiger partial charge in [-0.05, 0) is 159 Å². The number of hydrogen-bond acceptors (Lipinski definition) is 18. The van der Waals surface area contributed by atoms with Crippen LogP contribution in [0.3, 0.4) is 0 Å². The summed E-state index contributed by atoms with van der Waals surface area (Å²) in [7, 11) is 0. The first-order chi connectivity index (χ1) is 66.8. The Morgan fingerprint density at radius 2 is 0.683 bits per heavy atom. The van der Waals surface area contributed by atoms with Gasteiger partial charge < -0.3 is 107 Å². The van der Waals surface area contributed by atoms with Gasteiger partial charge in [0.15, 0.2) is 11.9 Å². The molecule has 0 aliphatic carbocycles. The average molecular weight is 1910 g/mol. The van der Waals surface area contributed by atoms with Gasteiger partial charge in [-0.15, -0.1) is 0 Å². The van der Waals surface area contributed by atoms with E-state index in [0.29, 0.717) is 66.3 Å². The zero-order valence-corrected chi connectivity index (χ0v) is 79.7. The molecule has 15 atom stereocenters. The molecule has 0 saturated carbocycles. The normalized spacial score (nSPS) is 17.1. The Labute approximate surface area is 812 Å². The summed E-state index contributed by atoms with van der Waals surface area (Å²) in [5.41, 5.74) is 33.3. The summed E-state index contributed by atoms with van der Waals surface area (Å²) < 4.78 is 0. The van der Waals surface area contributed by atoms with Crippen molar-refractivity contribution in [2.45, 2.75) is 247 Å². The van der Waals surface area contributed by atoms with E-state index >= 15 is 43.2 Å². The molecule has 36 nitrogen and oxygen atoms in total. The minimum Gasteiger partial charge on any atom is -0.370 e. The number of hydrogen-bond donors (Lipinski definition) is 19. The molecule has 10 rings (SSSR count). The maximum absolute atomic E-state index is 15.7. The van der Waals surface area contributed by atoms with Crippen molar-refractivity contribution < 1.29 is 67.1 Å². The highest BCUT2D eigenvalue weighted by Crippen LogP contribution is 2.27. The summed E-state index contributed by atoms with van der Waals surface area (Å²) in [6.45, 7) is 8.28. The Bertz CT molecular complexity index is 5320. The molecule has 0 aromatic heterocycles. The molecule has 3 heterocycles. The number of fused-ring (bicyclic) bond motifs is 1. The van der Waals surface area contributed by atoms with Crippen molar-refractivity contribution in [3.8, 4) is 0 Å². The van der Waals surface area contributed by atoms with E-state index in [1.807, 2.05) is 70.2 Å². The molecule has 3 aliphatic rings. The van der Waals surface area contributed by atoms with Gasteiger partial charge in [0.25, 0.3) is 0 Å². The molecule has 7 aromatic carbocycles. The van der Waals surface area contributed by atoms with E-state index in [0.717, 1.165) is 16.3 Å². The van der Waals surface area contributed by atoms with E-state index in [4.69, 9.17) is 39.5 Å². The first-order valence-electron chi connectivity index (χ1n) is 48.4. The van der Waals surface area contributed by atoms with E-state index in [-0.39, 0.29) is 159 Å². The first kappa shape index (κ1) is 107. The Morgan fingerprint density at radius 1 is 0.353 bits per heavy atom. The number of primary amides is 1. The third-order valence-electron chi connectivity index (χ3n) is 25.6. The number of unbranched alkanes of at least 4 members (excludes halogenated alkanes) is 1. The number of nitrogens with one attached hydrogen (secondary N) is 14. The van der Waals surface area contributed by atoms with Gasteiger partial charge in [-0.1, -0.05) is 228 Å². The minimum atomic E-state index is -1.41. The van der Waals surface area contributed by atoms with Gasteiger partial charge in [-0.2, -0.15) is 0 Å². The molecule has 3 aliphatic heterocycles. The van der Waals surface area contributed by atoms with E-state index in [1.54, 1.807) is 152 Å². The number of benzene rings is 7. The molecule has 0 bridgehead atoms. The molecular formula is C103H138N22O14. The van der Waals surface area contributed by atoms with Crippen LogP contribution in [0.5, 0.6) is 0 Å². The van der Waals surface area contributed by atoms with Crippen molar-refractivity contribution >= 4 is 105 Å². The van der Waals surface area contributed by atoms with E-state index in [2.05, 4.69) is 63.8 Å². The number of rotatable bonds is 52. The lowest BCUT2D eigenvalue weighted by Crippen LogP contribution is -2.61. The fourth-order valence-electron chi connectivity index (χ4n) is 18.0. The van der Waals surface area contributed by atoms with Crippen molar-refractivity contribution in [1.82, 2.24) is 78.5 Å². The molecular weight excluding hydrogens is 1770 g/mol. The molecule has 24 N–H and O–H groups in total. The summed E-state index contributed by atoms with van der Waals surface area (Å²) in [4.78, 5) is 212. The first-order valence-corrected chi connectivity index (χ1v) is 48.4. The van der Waals surface area contributed by atoms with Crippen molar-refractivity contribution in [2.24, 2.45) is 40.5 Å². The molecule has 14 amide bonds. The Balaban J connectivity index is 0.848. The van der Waals surface area contributed by atoms with Crippen molar-refractivity contribution in [2.75, 3.05) is 39.3 Å². The van der Waals surface area contributed by atoms with E-state index < -0.39 is 167 Å². The van der Waals surface area contributed by atoms with Crippen LogP contribution in [0, 0.1) is 22.7 Å². The van der Waals surface area contributed by atoms with Gasteiger partial charge in [0, 0.05) is 64.8 Å². The van der Waals surface area contributed by atoms with Crippen LogP contribution in [-0.4, -0.2) is 233 Å². The lowest BCUT2D eigenvalue weighted by molar-refractivity contribution is -0.143. The fraction of sp³-hybridized carbons (Fsp3) is 0.456. The highest BCUT2D eigenvalue weighted by Gasteiger charge is 2.46. The van der Waals surface area contributed by atoms with Crippen molar-refractivity contribution in [3.63, 3.8) is 0 Å². The van der Waals surface area contributed by atoms with Crippen LogP contribution in [0.4, 0.5) is 0 Å². The number of guanidine groups is 2. The molecule has 0 unspecified atom stereocenters. The molecule has 139 heavy (non-hydrogen) atoms. The molecule has 0 spiro atoms. The molecule has 3 fully saturated rings. The minimum absolute atomic E-state index is 0.0208. The van der Waals surface area contributed by atoms with Crippen LogP contribution in [-0.2, 0) is 106 Å². The average Bonchev–Trinajstić information content (AvgIpc) is 1.67. The summed E-state index contributed by atoms with van der Waals surface area (Å²) in [6, 6.07) is 40.3. The van der Waals surface area contributed by atoms with Gasteiger partial charge in [0.1, 0.15) is 78.5 Å². The fourth-order valence-corrected chi connectivity index (χ4v) is 18.0. The summed E-state index contributed by atoms with van der Waals surface area (Å²) >= 11 is 0. The highest BCUT2D eigenvalue weighted by atomic mass is 16.2. The standard InChI is InChI=1S/C103H138N22O14/c1-5-65(4)87(122-89(127)74(105)58-71-48-49-72-40-21-22-41-73(72)57-71)98(136)121-81(56-64(2)3)99(137)123-53-27-45-84(123)95(133)116-78(59-66-30-11-6-12-31-66)92(130)114-76(42-23-24-50-104)91(129)119-82(62-69-36-17-9-18-37-69)100(138)124-54-28-47-86(124)97(135)118-80(61-68-34-15-8-16-35-68)94(132)120-83(63-70-38-19-10-20-39-70)101(139)125-55-29-46-85(125)96(134)117-79(60-67-32-13-7-14-33-67)93(131)115-77(44-26-52-112-103(109)110)90(128)113-75(88(106)126)43-25-51-111-102(107)108/h6-22,30-41,48-49,57,64-65,74-87H,5,23-29,42-47,50-56,58-63,104-105H2,1-4H3,(H2,106,126)(H,113,128)(H,114,130)(H,115,131)(H,116,133)(H,117,134)(H,118,135)(H,119,129)(H,120,132)(H,121,136)(H,122,127)(H4,107,108,111)(H4,109,110,112)/t65-,74-,75-,76-,77-,78-,79-,80-,81-,82-,83-,84-,85-,86-,87-/m0/s1. The lowest BCUT2D eigenvalue weighted by Gasteiger charge is -2.32. The smallest absolute Gasteiger partial charge is 0.246 e. The maximum Gasteiger partial charge on any atom is 0.246 e. The van der Waals surface area contributed by atoms with Crippen LogP contribution in [0.25, 0.3) is 10.8 Å². The molecule has 36 heteroatoms. The van der Waals surface area contributed by atoms with Crippen LogP contribution in [0.2, 0.25) is 0 Å². The second-order valence-corrected chi connectivity index (χ2v) is 36.7. The number of carbonyl (C=O) groups excluding carboxylic acids is 14. The lowest BCUT2D eigenvalue weighted by atomic mass is 9.95. The number of nitrogens with two attached hydrogens (primary N) is 5. The molecule has 744 valence electrons. The summed E-state index contributed by atoms with van der Waals surface area (Å²) in [5.74, 6) is -11.0. The predicted octanol–water partition coefficient (Wildman–Crippen LogP) is 2.98. The number of nitrogens with zero attached hydrogens (tertiary/aromatic N) is 3. The molecule has 0 radical (unpaired) electrons. The van der Waals surface area contributed by atoms with E-state index in [1.165, 1.54) is 14.7 Å². The second kappa shape index (κ2) is 54.1. The Hall–Kier alpha value is -14.2. The molecule has 7 aromatic rings. The van der Waals surface area contributed by atoms with Crippen molar-refractivity contribution in [3.05, 3.63) is 228 Å². The SMILES string of the molecule is CC[C@H](C)[C@H](NC(=O)[C@@H](N)Cc1ccc2ccccc2c1)C(=O)N[C@@H](CC(C)C)C(=O)N1CCC[C@H]1C(=O)N[C@@H](Cc1ccccc1)C(=O)N[C@@H](CCCCN)C(=O)N[C@@H](Cc1ccccc1)C(=O)N1CCC[C@H]1C(=O)N[C@@H](Cc1ccccc1)C(=O)N[C@@H](Cc1ccccc1)C(=O)N1CCC[C@H]1C(=O)N[C@@H](Cc1ccccc1)C(=O)N[C@@H](CCCNC(=N)N)C(=O)N[C@@H](CCCNC(=N)N)C(N)=O. The summed E-state index contributed by atoms with van der Waals surface area (Å²) in [6.07, 6.45) is 3.17. The van der Waals surface area contributed by atoms with Crippen LogP contribution < -0.4 is 92.5 Å². The third-order valence-corrected chi connectivity index (χ3v) is 25.6. The highest BCUT2D eigenvalue weighted by molar-refractivity contribution is 6.01. The van der Waals surface area contributed by atoms with Crippen LogP contribution in [0.1, 0.15) is 157 Å². The maximum atomic E-state index is 15.7. The largest absolute Gasteiger partial charge is 0.370 e. The van der Waals surface area contributed by atoms with Gasteiger partial charge in [0.2, 0.25) is 82.7 Å². The van der Waals surface area contributed by atoms with Crippen LogP contribution in [0.15, 0.2) is 194 Å². The van der Waals surface area contributed by atoms with Gasteiger partial charge >= 0.3 is 0 Å². The quantitative estimate of drug-likeness (QED) is 0.0148. The Kier molecular flexibility index (Phi) is 41.6. The van der Waals surface area contributed by atoms with Gasteiger partial charge in [-0.3, -0.25) is 77.9 Å². The zero-order valence-electron chi connectivity index (χ0n) is 79.7.